The average Bonchev–Trinajstić information content (AvgIpc) is 3.31. The number of aliphatic hydroxyl groups is 2. The molecular weight excluding hydrogens is 476 g/mol. The van der Waals surface area contributed by atoms with Crippen molar-refractivity contribution in [3.05, 3.63) is 56.3 Å². The molecule has 6 N–H and O–H groups in total. The summed E-state index contributed by atoms with van der Waals surface area (Å²) in [6.07, 6.45) is 3.30. The van der Waals surface area contributed by atoms with Crippen LogP contribution in [-0.4, -0.2) is 50.2 Å². The molecule has 10 nitrogen and oxygen atoms in total. The van der Waals surface area contributed by atoms with E-state index in [1.165, 1.54) is 29.5 Å². The maximum atomic E-state index is 13.2. The van der Waals surface area contributed by atoms with Crippen LogP contribution in [0.2, 0.25) is 0 Å². The molecule has 3 heterocycles. The predicted octanol–water partition coefficient (Wildman–Crippen LogP) is 2.12. The Hall–Kier alpha value is -3.06. The number of amides is 1. The molecule has 1 aliphatic carbocycles. The first-order chi connectivity index (χ1) is 16.4. The topological polar surface area (TPSA) is 157 Å². The van der Waals surface area contributed by atoms with Crippen molar-refractivity contribution >= 4 is 50.4 Å². The van der Waals surface area contributed by atoms with Crippen molar-refractivity contribution in [2.24, 2.45) is 10.7 Å². The van der Waals surface area contributed by atoms with Gasteiger partial charge in [-0.25, -0.2) is 4.98 Å². The molecule has 1 fully saturated rings. The lowest BCUT2D eigenvalue weighted by Gasteiger charge is -2.20. The number of hydrogen-bond acceptors (Lipinski definition) is 9. The number of nitrogens with two attached hydrogens (primary N) is 1. The van der Waals surface area contributed by atoms with Gasteiger partial charge in [-0.2, -0.15) is 0 Å². The van der Waals surface area contributed by atoms with Gasteiger partial charge in [0.1, 0.15) is 27.5 Å². The van der Waals surface area contributed by atoms with Crippen molar-refractivity contribution < 1.29 is 15.0 Å². The van der Waals surface area contributed by atoms with Gasteiger partial charge in [0.2, 0.25) is 0 Å². The van der Waals surface area contributed by atoms with Crippen molar-refractivity contribution in [1.82, 2.24) is 9.36 Å². The van der Waals surface area contributed by atoms with Gasteiger partial charge in [-0.1, -0.05) is 23.5 Å². The van der Waals surface area contributed by atoms with Crippen LogP contribution in [0.1, 0.15) is 52.0 Å². The van der Waals surface area contributed by atoms with Gasteiger partial charge >= 0.3 is 0 Å². The third kappa shape index (κ3) is 4.25. The largest absolute Gasteiger partial charge is 0.394 e. The number of aliphatic imine (C=N–C) groups is 1. The third-order valence-electron chi connectivity index (χ3n) is 5.85. The van der Waals surface area contributed by atoms with E-state index in [0.29, 0.717) is 27.3 Å². The van der Waals surface area contributed by atoms with Crippen LogP contribution in [0.25, 0.3) is 0 Å². The van der Waals surface area contributed by atoms with Gasteiger partial charge in [0.05, 0.1) is 24.5 Å². The fourth-order valence-electron chi connectivity index (χ4n) is 3.98. The average molecular weight is 501 g/mol. The van der Waals surface area contributed by atoms with E-state index in [0.717, 1.165) is 34.1 Å². The number of aliphatic hydroxyl groups excluding tert-OH is 2. The predicted molar refractivity (Wildman–Crippen MR) is 133 cm³/mol. The van der Waals surface area contributed by atoms with E-state index >= 15 is 0 Å². The first kappa shape index (κ1) is 22.7. The molecule has 2 atom stereocenters. The fourth-order valence-corrected chi connectivity index (χ4v) is 5.55. The molecule has 178 valence electrons. The standard InChI is InChI=1S/C22H24N6O4S2/c1-10(9-29)25-18(23)17-19(31)27-34-20(17)26-22-24-8-15(33-22)21(32)28-14-5-4-12(11-2-3-11)6-13(14)7-16(28)30/h4-6,8,10-11,16,29-30H,2-3,7,9H2,1H3,(H2,23,25)(H,24,26)(H,27,31). The quantitative estimate of drug-likeness (QED) is 0.246. The van der Waals surface area contributed by atoms with Gasteiger partial charge in [-0.3, -0.25) is 23.9 Å². The number of nitrogens with zero attached hydrogens (tertiary/aromatic N) is 3. The highest BCUT2D eigenvalue weighted by Crippen LogP contribution is 2.43. The van der Waals surface area contributed by atoms with E-state index in [1.807, 2.05) is 12.1 Å². The SMILES string of the molecule is CC(CO)N=C(N)c1c(Nc2ncc(C(=O)N3c4ccc(C5CC5)cc4CC3O)s2)s[nH]c1=O. The summed E-state index contributed by atoms with van der Waals surface area (Å²) in [4.78, 5) is 35.6. The zero-order chi connectivity index (χ0) is 24.0. The number of thiazole rings is 1. The lowest BCUT2D eigenvalue weighted by atomic mass is 10.1. The summed E-state index contributed by atoms with van der Waals surface area (Å²) in [5.41, 5.74) is 8.69. The summed E-state index contributed by atoms with van der Waals surface area (Å²) < 4.78 is 2.61. The molecule has 2 aromatic heterocycles. The van der Waals surface area contributed by atoms with Crippen molar-refractivity contribution in [2.45, 2.75) is 44.4 Å². The zero-order valence-electron chi connectivity index (χ0n) is 18.3. The monoisotopic (exact) mass is 500 g/mol. The van der Waals surface area contributed by atoms with E-state index in [2.05, 4.69) is 25.7 Å². The molecule has 2 aliphatic rings. The second-order valence-corrected chi connectivity index (χ2v) is 10.3. The maximum Gasteiger partial charge on any atom is 0.272 e. The first-order valence-electron chi connectivity index (χ1n) is 10.9. The minimum absolute atomic E-state index is 0.00164. The molecule has 34 heavy (non-hydrogen) atoms. The minimum atomic E-state index is -0.929. The molecule has 5 rings (SSSR count). The van der Waals surface area contributed by atoms with Gasteiger partial charge < -0.3 is 21.3 Å². The summed E-state index contributed by atoms with van der Waals surface area (Å²) >= 11 is 2.15. The van der Waals surface area contributed by atoms with Gasteiger partial charge in [0.15, 0.2) is 5.13 Å². The number of carbonyl (C=O) groups is 1. The summed E-state index contributed by atoms with van der Waals surface area (Å²) in [7, 11) is 0. The summed E-state index contributed by atoms with van der Waals surface area (Å²) in [6, 6.07) is 5.60. The van der Waals surface area contributed by atoms with Gasteiger partial charge in [-0.15, -0.1) is 0 Å². The van der Waals surface area contributed by atoms with Crippen LogP contribution in [0.4, 0.5) is 15.8 Å². The van der Waals surface area contributed by atoms with E-state index in [-0.39, 0.29) is 23.9 Å². The highest BCUT2D eigenvalue weighted by atomic mass is 32.1. The van der Waals surface area contributed by atoms with Gasteiger partial charge in [0, 0.05) is 6.42 Å². The Morgan fingerprint density at radius 3 is 2.97 bits per heavy atom. The van der Waals surface area contributed by atoms with Gasteiger partial charge in [0.25, 0.3) is 11.5 Å². The van der Waals surface area contributed by atoms with Crippen molar-refractivity contribution in [2.75, 3.05) is 16.8 Å². The fraction of sp³-hybridized carbons (Fsp3) is 0.364. The number of aromatic amines is 1. The molecule has 0 bridgehead atoms. The van der Waals surface area contributed by atoms with Crippen LogP contribution in [0, 0.1) is 0 Å². The van der Waals surface area contributed by atoms with Crippen LogP contribution >= 0.6 is 22.9 Å². The number of H-pyrrole nitrogens is 1. The zero-order valence-corrected chi connectivity index (χ0v) is 19.9. The minimum Gasteiger partial charge on any atom is -0.394 e. The Labute approximate surface area is 203 Å². The number of fused-ring (bicyclic) bond motifs is 1. The maximum absolute atomic E-state index is 13.2. The Balaban J connectivity index is 1.36. The molecular formula is C22H24N6O4S2. The molecule has 0 radical (unpaired) electrons. The normalized spacial score (nSPS) is 18.7. The number of carbonyl (C=O) groups excluding carboxylic acids is 1. The number of benzene rings is 1. The molecule has 2 unspecified atom stereocenters. The number of nitrogens with one attached hydrogen (secondary N) is 2. The Bertz CT molecular complexity index is 1320. The smallest absolute Gasteiger partial charge is 0.272 e. The van der Waals surface area contributed by atoms with Crippen LogP contribution in [0.3, 0.4) is 0 Å². The molecule has 0 spiro atoms. The first-order valence-corrected chi connectivity index (χ1v) is 12.5. The van der Waals surface area contributed by atoms with Crippen LogP contribution in [0.15, 0.2) is 34.2 Å². The number of rotatable bonds is 7. The molecule has 1 aromatic carbocycles. The summed E-state index contributed by atoms with van der Waals surface area (Å²) in [5.74, 6) is 0.264. The lowest BCUT2D eigenvalue weighted by molar-refractivity contribution is 0.0907. The highest BCUT2D eigenvalue weighted by molar-refractivity contribution is 7.18. The van der Waals surface area contributed by atoms with Crippen molar-refractivity contribution in [3.8, 4) is 0 Å². The Morgan fingerprint density at radius 2 is 2.24 bits per heavy atom. The summed E-state index contributed by atoms with van der Waals surface area (Å²) in [5, 5.41) is 23.6. The lowest BCUT2D eigenvalue weighted by Crippen LogP contribution is -2.37. The number of aromatic nitrogens is 2. The molecule has 3 aromatic rings. The number of anilines is 3. The Kier molecular flexibility index (Phi) is 5.98. The molecule has 1 amide bonds. The van der Waals surface area contributed by atoms with Crippen LogP contribution in [0.5, 0.6) is 0 Å². The second kappa shape index (κ2) is 8.95. The molecule has 12 heteroatoms. The Morgan fingerprint density at radius 1 is 1.44 bits per heavy atom. The molecule has 1 aliphatic heterocycles. The summed E-state index contributed by atoms with van der Waals surface area (Å²) in [6.45, 7) is 1.48. The van der Waals surface area contributed by atoms with Gasteiger partial charge in [-0.05, 0) is 54.4 Å². The van der Waals surface area contributed by atoms with E-state index in [1.54, 1.807) is 6.92 Å². The van der Waals surface area contributed by atoms with E-state index < -0.39 is 17.8 Å². The molecule has 1 saturated carbocycles. The van der Waals surface area contributed by atoms with E-state index in [4.69, 9.17) is 5.73 Å². The van der Waals surface area contributed by atoms with E-state index in [9.17, 15) is 19.8 Å². The third-order valence-corrected chi connectivity index (χ3v) is 7.55. The second-order valence-electron chi connectivity index (χ2n) is 8.46. The van der Waals surface area contributed by atoms with Crippen LogP contribution < -0.4 is 21.5 Å². The van der Waals surface area contributed by atoms with Crippen molar-refractivity contribution in [3.63, 3.8) is 0 Å². The molecule has 0 saturated heterocycles. The number of hydrogen-bond donors (Lipinski definition) is 5. The van der Waals surface area contributed by atoms with Crippen LogP contribution in [-0.2, 0) is 6.42 Å². The van der Waals surface area contributed by atoms with Crippen molar-refractivity contribution in [1.29, 1.82) is 0 Å². The number of amidine groups is 1. The highest BCUT2D eigenvalue weighted by Gasteiger charge is 2.35.